The largest absolute Gasteiger partial charge is 0.507 e. The van der Waals surface area contributed by atoms with Gasteiger partial charge in [-0.1, -0.05) is 24.6 Å². The lowest BCUT2D eigenvalue weighted by Gasteiger charge is -2.30. The number of aromatic hydroxyl groups is 2. The lowest BCUT2D eigenvalue weighted by atomic mass is 9.75. The van der Waals surface area contributed by atoms with Crippen LogP contribution < -0.4 is 4.74 Å². The van der Waals surface area contributed by atoms with Crippen LogP contribution in [0.25, 0.3) is 0 Å². The van der Waals surface area contributed by atoms with Gasteiger partial charge in [-0.2, -0.15) is 0 Å². The second kappa shape index (κ2) is 9.41. The zero-order valence-electron chi connectivity index (χ0n) is 19.3. The maximum atomic E-state index is 12.3. The summed E-state index contributed by atoms with van der Waals surface area (Å²) in [4.78, 5) is 24.4. The molecule has 1 aliphatic carbocycles. The average Bonchev–Trinajstić information content (AvgIpc) is 2.66. The Balaban J connectivity index is 2.65. The van der Waals surface area contributed by atoms with Crippen molar-refractivity contribution in [1.29, 1.82) is 0 Å². The van der Waals surface area contributed by atoms with E-state index in [9.17, 15) is 24.9 Å². The number of hydrogen-bond donors (Lipinski definition) is 3. The van der Waals surface area contributed by atoms with Crippen LogP contribution in [0.15, 0.2) is 34.6 Å². The Morgan fingerprint density at radius 3 is 2.16 bits per heavy atom. The molecule has 6 nitrogen and oxygen atoms in total. The van der Waals surface area contributed by atoms with Crippen molar-refractivity contribution in [2.24, 2.45) is 11.8 Å². The molecule has 3 N–H and O–H groups in total. The van der Waals surface area contributed by atoms with Gasteiger partial charge in [-0.3, -0.25) is 9.59 Å². The van der Waals surface area contributed by atoms with Crippen LogP contribution in [0.1, 0.15) is 62.5 Å². The van der Waals surface area contributed by atoms with E-state index in [4.69, 9.17) is 4.74 Å². The summed E-state index contributed by atoms with van der Waals surface area (Å²) in [7, 11) is 1.44. The lowest BCUT2D eigenvalue weighted by Crippen LogP contribution is -2.25. The molecule has 0 saturated carbocycles. The molecule has 0 radical (unpaired) electrons. The van der Waals surface area contributed by atoms with Crippen molar-refractivity contribution in [2.75, 3.05) is 7.11 Å². The topological polar surface area (TPSA) is 104 Å². The molecule has 1 aromatic carbocycles. The standard InChI is InChI=1S/C25H32O6/c1-12(2)8-9-17-10-18(13(3)20(15(5)26)23(17)29)11-19-24(30)21(16(6)27)22(28)14(4)25(19)31-7/h8,10,13,18,28-30H,9,11H2,1-7H3/t13-,18+/m0/s1. The predicted octanol–water partition coefficient (Wildman–Crippen LogP) is 5.11. The van der Waals surface area contributed by atoms with Crippen LogP contribution in [0.5, 0.6) is 17.2 Å². The summed E-state index contributed by atoms with van der Waals surface area (Å²) in [5.41, 5.74) is 2.70. The smallest absolute Gasteiger partial charge is 0.167 e. The first kappa shape index (κ1) is 24.3. The van der Waals surface area contributed by atoms with E-state index >= 15 is 0 Å². The third kappa shape index (κ3) is 4.68. The third-order valence-corrected chi connectivity index (χ3v) is 5.91. The van der Waals surface area contributed by atoms with Crippen molar-refractivity contribution in [1.82, 2.24) is 0 Å². The molecule has 168 valence electrons. The van der Waals surface area contributed by atoms with Crippen LogP contribution in [0.2, 0.25) is 0 Å². The van der Waals surface area contributed by atoms with Gasteiger partial charge in [0.15, 0.2) is 11.6 Å². The van der Waals surface area contributed by atoms with E-state index in [1.54, 1.807) is 6.92 Å². The van der Waals surface area contributed by atoms with Gasteiger partial charge in [0.05, 0.1) is 7.11 Å². The summed E-state index contributed by atoms with van der Waals surface area (Å²) in [6.07, 6.45) is 4.63. The van der Waals surface area contributed by atoms with Crippen molar-refractivity contribution in [2.45, 2.75) is 54.4 Å². The minimum absolute atomic E-state index is 0.0104. The molecule has 6 heteroatoms. The molecule has 1 aromatic rings. The Kier molecular flexibility index (Phi) is 7.37. The number of ketones is 2. The number of rotatable bonds is 7. The fraction of sp³-hybridized carbons (Fsp3) is 0.440. The van der Waals surface area contributed by atoms with E-state index in [1.165, 1.54) is 21.0 Å². The lowest BCUT2D eigenvalue weighted by molar-refractivity contribution is -0.114. The molecule has 0 bridgehead atoms. The van der Waals surface area contributed by atoms with Crippen LogP contribution in [-0.2, 0) is 11.2 Å². The Labute approximate surface area is 183 Å². The highest BCUT2D eigenvalue weighted by Gasteiger charge is 2.34. The molecule has 2 atom stereocenters. The first-order valence-corrected chi connectivity index (χ1v) is 10.3. The number of phenols is 2. The van der Waals surface area contributed by atoms with Crippen LogP contribution in [0.3, 0.4) is 0 Å². The van der Waals surface area contributed by atoms with Gasteiger partial charge in [-0.15, -0.1) is 0 Å². The van der Waals surface area contributed by atoms with E-state index in [2.05, 4.69) is 0 Å². The van der Waals surface area contributed by atoms with Crippen molar-refractivity contribution in [3.63, 3.8) is 0 Å². The Morgan fingerprint density at radius 1 is 1.06 bits per heavy atom. The van der Waals surface area contributed by atoms with Gasteiger partial charge in [0, 0.05) is 16.7 Å². The fourth-order valence-electron chi connectivity index (χ4n) is 4.21. The summed E-state index contributed by atoms with van der Waals surface area (Å²) in [5, 5.41) is 32.0. The van der Waals surface area contributed by atoms with Gasteiger partial charge in [0.2, 0.25) is 0 Å². The molecule has 0 aromatic heterocycles. The number of phenolic OH excluding ortho intramolecular Hbond substituents is 2. The summed E-state index contributed by atoms with van der Waals surface area (Å²) in [5.74, 6) is -1.52. The van der Waals surface area contributed by atoms with Crippen molar-refractivity contribution < 1.29 is 29.6 Å². The molecule has 0 heterocycles. The van der Waals surface area contributed by atoms with Crippen LogP contribution in [0.4, 0.5) is 0 Å². The second-order valence-electron chi connectivity index (χ2n) is 8.42. The maximum Gasteiger partial charge on any atom is 0.167 e. The van der Waals surface area contributed by atoms with E-state index in [1.807, 2.05) is 32.9 Å². The van der Waals surface area contributed by atoms with Crippen molar-refractivity contribution >= 4 is 11.6 Å². The van der Waals surface area contributed by atoms with Crippen LogP contribution in [-0.4, -0.2) is 34.0 Å². The summed E-state index contributed by atoms with van der Waals surface area (Å²) in [6, 6.07) is 0. The molecule has 31 heavy (non-hydrogen) atoms. The van der Waals surface area contributed by atoms with Gasteiger partial charge < -0.3 is 20.1 Å². The van der Waals surface area contributed by atoms with Gasteiger partial charge in [-0.25, -0.2) is 0 Å². The monoisotopic (exact) mass is 428 g/mol. The normalized spacial score (nSPS) is 18.5. The Bertz CT molecular complexity index is 1010. The number of aliphatic hydroxyl groups is 1. The number of hydrogen-bond acceptors (Lipinski definition) is 6. The summed E-state index contributed by atoms with van der Waals surface area (Å²) >= 11 is 0. The van der Waals surface area contributed by atoms with Gasteiger partial charge in [-0.05, 0) is 64.9 Å². The fourth-order valence-corrected chi connectivity index (χ4v) is 4.21. The molecule has 0 spiro atoms. The first-order valence-electron chi connectivity index (χ1n) is 10.3. The first-order chi connectivity index (χ1) is 14.4. The number of Topliss-reactive ketones (excluding diaryl/α,β-unsaturated/α-hetero) is 2. The second-order valence-corrected chi connectivity index (χ2v) is 8.42. The number of carbonyl (C=O) groups is 2. The highest BCUT2D eigenvalue weighted by Crippen LogP contribution is 2.45. The summed E-state index contributed by atoms with van der Waals surface area (Å²) < 4.78 is 5.46. The van der Waals surface area contributed by atoms with Gasteiger partial charge in [0.1, 0.15) is 28.6 Å². The van der Waals surface area contributed by atoms with Crippen molar-refractivity contribution in [3.8, 4) is 17.2 Å². The zero-order valence-corrected chi connectivity index (χ0v) is 19.3. The number of allylic oxidation sites excluding steroid dienone is 5. The molecule has 0 aliphatic heterocycles. The highest BCUT2D eigenvalue weighted by atomic mass is 16.5. The molecular weight excluding hydrogens is 396 g/mol. The molecule has 0 amide bonds. The number of benzene rings is 1. The third-order valence-electron chi connectivity index (χ3n) is 5.91. The van der Waals surface area contributed by atoms with E-state index < -0.39 is 5.78 Å². The molecule has 0 saturated heterocycles. The maximum absolute atomic E-state index is 12.3. The van der Waals surface area contributed by atoms with Gasteiger partial charge in [0.25, 0.3) is 0 Å². The van der Waals surface area contributed by atoms with Crippen molar-refractivity contribution in [3.05, 3.63) is 51.3 Å². The van der Waals surface area contributed by atoms with E-state index in [-0.39, 0.29) is 46.9 Å². The van der Waals surface area contributed by atoms with Crippen LogP contribution in [0, 0.1) is 18.8 Å². The zero-order chi connectivity index (χ0) is 23.6. The van der Waals surface area contributed by atoms with E-state index in [0.29, 0.717) is 34.4 Å². The molecule has 1 aliphatic rings. The number of carbonyl (C=O) groups excluding carboxylic acids is 2. The van der Waals surface area contributed by atoms with Gasteiger partial charge >= 0.3 is 0 Å². The molecule has 2 rings (SSSR count). The number of aliphatic hydroxyl groups excluding tert-OH is 1. The quantitative estimate of drug-likeness (QED) is 0.412. The highest BCUT2D eigenvalue weighted by molar-refractivity contribution is 6.01. The average molecular weight is 429 g/mol. The predicted molar refractivity (Wildman–Crippen MR) is 120 cm³/mol. The number of ether oxygens (including phenoxy) is 1. The Hall–Kier alpha value is -3.02. The molecule has 0 fully saturated rings. The Morgan fingerprint density at radius 2 is 1.68 bits per heavy atom. The molecule has 0 unspecified atom stereocenters. The summed E-state index contributed by atoms with van der Waals surface area (Å²) in [6.45, 7) is 10.1. The minimum atomic E-state index is -0.458. The minimum Gasteiger partial charge on any atom is -0.507 e. The van der Waals surface area contributed by atoms with Crippen LogP contribution >= 0.6 is 0 Å². The number of methoxy groups -OCH3 is 1. The molecular formula is C25H32O6. The van der Waals surface area contributed by atoms with E-state index in [0.717, 1.165) is 5.57 Å². The SMILES string of the molecule is COc1c(C)c(O)c(C(C)=O)c(O)c1C[C@H]1C=C(CC=C(C)C)C(O)=C(C(C)=O)[C@H]1C.